The number of ether oxygens (including phenoxy) is 4. The lowest BCUT2D eigenvalue weighted by atomic mass is 9.74. The van der Waals surface area contributed by atoms with E-state index in [9.17, 15) is 24.3 Å². The van der Waals surface area contributed by atoms with Crippen LogP contribution in [0.3, 0.4) is 0 Å². The van der Waals surface area contributed by atoms with E-state index in [0.717, 1.165) is 0 Å². The predicted molar refractivity (Wildman–Crippen MR) is 182 cm³/mol. The van der Waals surface area contributed by atoms with Crippen LogP contribution in [0.25, 0.3) is 0 Å². The summed E-state index contributed by atoms with van der Waals surface area (Å²) in [5.74, 6) is -3.39. The molecule has 13 heteroatoms. The van der Waals surface area contributed by atoms with Crippen molar-refractivity contribution in [1.29, 1.82) is 0 Å². The van der Waals surface area contributed by atoms with Gasteiger partial charge in [0.25, 0.3) is 5.91 Å². The Balaban J connectivity index is 1.47. The van der Waals surface area contributed by atoms with Gasteiger partial charge in [-0.05, 0) is 48.7 Å². The van der Waals surface area contributed by atoms with E-state index in [1.807, 2.05) is 18.2 Å². The number of nitrogens with one attached hydrogen (secondary N) is 1. The quantitative estimate of drug-likeness (QED) is 0.309. The Labute approximate surface area is 293 Å². The summed E-state index contributed by atoms with van der Waals surface area (Å²) in [6.45, 7) is 0.0602. The molecule has 2 aromatic carbocycles. The number of cyclic esters (lactones) is 1. The highest BCUT2D eigenvalue weighted by Crippen LogP contribution is 2.59. The van der Waals surface area contributed by atoms with Crippen molar-refractivity contribution in [3.8, 4) is 5.75 Å². The highest BCUT2D eigenvalue weighted by Gasteiger charge is 2.75. The minimum Gasteiger partial charge on any atom is -0.497 e. The molecule has 4 aliphatic rings. The molecule has 0 saturated carbocycles. The summed E-state index contributed by atoms with van der Waals surface area (Å²) < 4.78 is 24.2. The summed E-state index contributed by atoms with van der Waals surface area (Å²) in [6.07, 6.45) is 4.30. The number of aliphatic hydroxyl groups excluding tert-OH is 1. The molecule has 0 aliphatic carbocycles. The maximum atomic E-state index is 14.9. The molecule has 2 aromatic rings. The van der Waals surface area contributed by atoms with Crippen LogP contribution in [0.1, 0.15) is 30.9 Å². The fourth-order valence-corrected chi connectivity index (χ4v) is 8.12. The number of benzene rings is 2. The molecule has 5 bridgehead atoms. The van der Waals surface area contributed by atoms with Crippen molar-refractivity contribution < 1.29 is 43.2 Å². The van der Waals surface area contributed by atoms with E-state index in [2.05, 4.69) is 21.2 Å². The number of halogens is 1. The molecule has 4 aliphatic heterocycles. The Morgan fingerprint density at radius 3 is 2.45 bits per heavy atom. The zero-order valence-corrected chi connectivity index (χ0v) is 28.9. The van der Waals surface area contributed by atoms with Crippen LogP contribution in [-0.4, -0.2) is 98.0 Å². The number of esters is 1. The monoisotopic (exact) mass is 737 g/mol. The summed E-state index contributed by atoms with van der Waals surface area (Å²) in [7, 11) is 3.05. The number of hydrogen-bond acceptors (Lipinski definition) is 9. The van der Waals surface area contributed by atoms with Crippen molar-refractivity contribution in [1.82, 2.24) is 10.2 Å². The van der Waals surface area contributed by atoms with Crippen molar-refractivity contribution in [2.24, 2.45) is 11.8 Å². The number of likely N-dealkylation sites (tertiary alicyclic amines) is 1. The van der Waals surface area contributed by atoms with Crippen LogP contribution in [0, 0.1) is 11.8 Å². The molecular formula is C36H40BrN3O9. The van der Waals surface area contributed by atoms with E-state index in [1.54, 1.807) is 66.6 Å². The van der Waals surface area contributed by atoms with Gasteiger partial charge < -0.3 is 39.2 Å². The Morgan fingerprint density at radius 1 is 1.00 bits per heavy atom. The molecule has 1 spiro atoms. The van der Waals surface area contributed by atoms with Crippen molar-refractivity contribution in [3.63, 3.8) is 0 Å². The van der Waals surface area contributed by atoms with Crippen molar-refractivity contribution >= 4 is 45.3 Å². The SMILES string of the molecule is COC[C@@H]1NC(=O)CC/C=C\CN(c2ccc(OC)cc2)C(=O)[C@H]2N(CCCO)C(=O)[C@@H]3[C@@H](C(=O)O[C@H]1c1ccccc1)[C@@H]1O[C@@]32C=C1Br. The number of aliphatic hydroxyl groups is 1. The molecule has 0 radical (unpaired) electrons. The second-order valence-corrected chi connectivity index (χ2v) is 13.4. The van der Waals surface area contributed by atoms with E-state index in [-0.39, 0.29) is 45.1 Å². The van der Waals surface area contributed by atoms with Gasteiger partial charge in [0.15, 0.2) is 0 Å². The minimum absolute atomic E-state index is 0.0528. The lowest BCUT2D eigenvalue weighted by Gasteiger charge is -2.36. The van der Waals surface area contributed by atoms with Gasteiger partial charge in [-0.1, -0.05) is 58.4 Å². The smallest absolute Gasteiger partial charge is 0.313 e. The first-order valence-corrected chi connectivity index (χ1v) is 17.1. The van der Waals surface area contributed by atoms with Crippen LogP contribution in [0.4, 0.5) is 5.69 Å². The van der Waals surface area contributed by atoms with Crippen LogP contribution in [0.5, 0.6) is 5.75 Å². The Bertz CT molecular complexity index is 1620. The van der Waals surface area contributed by atoms with E-state index in [0.29, 0.717) is 27.9 Å². The normalized spacial score (nSPS) is 30.9. The van der Waals surface area contributed by atoms with Crippen molar-refractivity contribution in [2.75, 3.05) is 45.4 Å². The third-order valence-electron chi connectivity index (χ3n) is 9.56. The van der Waals surface area contributed by atoms with Crippen LogP contribution in [-0.2, 0) is 33.4 Å². The second kappa shape index (κ2) is 14.8. The van der Waals surface area contributed by atoms with Gasteiger partial charge in [-0.2, -0.15) is 0 Å². The first-order chi connectivity index (χ1) is 23.7. The molecule has 4 heterocycles. The fourth-order valence-electron chi connectivity index (χ4n) is 7.38. The highest BCUT2D eigenvalue weighted by molar-refractivity contribution is 9.11. The lowest BCUT2D eigenvalue weighted by Crippen LogP contribution is -2.56. The molecule has 2 saturated heterocycles. The summed E-state index contributed by atoms with van der Waals surface area (Å²) >= 11 is 3.58. The van der Waals surface area contributed by atoms with Gasteiger partial charge in [-0.3, -0.25) is 19.2 Å². The summed E-state index contributed by atoms with van der Waals surface area (Å²) in [6, 6.07) is 14.1. The van der Waals surface area contributed by atoms with Crippen LogP contribution in [0.15, 0.2) is 77.3 Å². The molecule has 49 heavy (non-hydrogen) atoms. The fraction of sp³-hybridized carbons (Fsp3) is 0.444. The number of hydrogen-bond donors (Lipinski definition) is 2. The summed E-state index contributed by atoms with van der Waals surface area (Å²) in [5.41, 5.74) is -0.295. The van der Waals surface area contributed by atoms with Gasteiger partial charge >= 0.3 is 5.97 Å². The highest BCUT2D eigenvalue weighted by atomic mass is 79.9. The van der Waals surface area contributed by atoms with Crippen LogP contribution in [0.2, 0.25) is 0 Å². The van der Waals surface area contributed by atoms with Gasteiger partial charge in [-0.25, -0.2) is 0 Å². The van der Waals surface area contributed by atoms with Gasteiger partial charge in [0.2, 0.25) is 11.8 Å². The number of amides is 3. The Morgan fingerprint density at radius 2 is 1.76 bits per heavy atom. The average molecular weight is 739 g/mol. The summed E-state index contributed by atoms with van der Waals surface area (Å²) in [5, 5.41) is 12.8. The lowest BCUT2D eigenvalue weighted by molar-refractivity contribution is -0.162. The molecule has 2 N–H and O–H groups in total. The third kappa shape index (κ3) is 6.52. The van der Waals surface area contributed by atoms with Gasteiger partial charge in [0.1, 0.15) is 35.5 Å². The van der Waals surface area contributed by atoms with Gasteiger partial charge in [0.05, 0.1) is 25.7 Å². The first kappa shape index (κ1) is 34.8. The van der Waals surface area contributed by atoms with E-state index < -0.39 is 59.5 Å². The molecular weight excluding hydrogens is 698 g/mol. The van der Waals surface area contributed by atoms with Crippen LogP contribution >= 0.6 is 15.9 Å². The number of methoxy groups -OCH3 is 2. The number of rotatable bonds is 8. The van der Waals surface area contributed by atoms with Crippen molar-refractivity contribution in [3.05, 3.63) is 82.9 Å². The van der Waals surface area contributed by atoms with Gasteiger partial charge in [-0.15, -0.1) is 0 Å². The average Bonchev–Trinajstić information content (AvgIpc) is 3.70. The molecule has 260 valence electrons. The summed E-state index contributed by atoms with van der Waals surface area (Å²) in [4.78, 5) is 59.9. The maximum Gasteiger partial charge on any atom is 0.313 e. The van der Waals surface area contributed by atoms with E-state index in [4.69, 9.17) is 18.9 Å². The number of anilines is 1. The number of allylic oxidation sites excluding steroid dienone is 1. The minimum atomic E-state index is -1.48. The largest absolute Gasteiger partial charge is 0.497 e. The standard InChI is InChI=1S/C36H40BrN3O9/c1-46-21-26-30(22-10-5-3-6-11-22)48-35(45)28-29-33(43)40(18-9-19-41)32(36(29)20-25(37)31(28)49-36)34(44)39(17-8-4-7-12-27(42)38-26)23-13-15-24(47-2)16-14-23/h3-6,8,10-11,13-16,20,26,28-32,41H,7,9,12,17-19,21H2,1-2H3,(H,38,42)/b8-4-/t26-,28+,29-,30-,31+,32+,36-/m0/s1. The first-order valence-electron chi connectivity index (χ1n) is 16.4. The van der Waals surface area contributed by atoms with Crippen LogP contribution < -0.4 is 15.0 Å². The zero-order chi connectivity index (χ0) is 34.7. The Kier molecular flexibility index (Phi) is 10.5. The maximum absolute atomic E-state index is 14.9. The number of carbonyl (C=O) groups excluding carboxylic acids is 4. The molecule has 7 atom stereocenters. The topological polar surface area (TPSA) is 144 Å². The molecule has 3 amide bonds. The molecule has 2 fully saturated rings. The Hall–Kier alpha value is -4.04. The molecule has 12 nitrogen and oxygen atoms in total. The number of carbonyl (C=O) groups is 4. The molecule has 0 unspecified atom stereocenters. The van der Waals surface area contributed by atoms with Crippen molar-refractivity contribution in [2.45, 2.75) is 49.2 Å². The van der Waals surface area contributed by atoms with E-state index in [1.165, 1.54) is 12.0 Å². The predicted octanol–water partition coefficient (Wildman–Crippen LogP) is 3.05. The third-order valence-corrected chi connectivity index (χ3v) is 10.2. The second-order valence-electron chi connectivity index (χ2n) is 12.5. The number of nitrogens with zero attached hydrogens (tertiary/aromatic N) is 2. The van der Waals surface area contributed by atoms with E-state index >= 15 is 0 Å². The van der Waals surface area contributed by atoms with Gasteiger partial charge in [0, 0.05) is 43.4 Å². The number of fused-ring (bicyclic) bond motifs is 2. The molecule has 6 rings (SSSR count). The zero-order valence-electron chi connectivity index (χ0n) is 27.3. The molecule has 0 aromatic heterocycles.